The van der Waals surface area contributed by atoms with Crippen LogP contribution < -0.4 is 10.5 Å². The Hall–Kier alpha value is -1.72. The summed E-state index contributed by atoms with van der Waals surface area (Å²) in [7, 11) is 0. The van der Waals surface area contributed by atoms with Crippen LogP contribution in [-0.2, 0) is 6.54 Å². The smallest absolute Gasteiger partial charge is 0.406 e. The first-order valence-electron chi connectivity index (χ1n) is 5.74. The molecule has 6 heteroatoms. The maximum absolute atomic E-state index is 12.1. The molecule has 0 unspecified atom stereocenters. The van der Waals surface area contributed by atoms with Gasteiger partial charge in [0.05, 0.1) is 0 Å². The lowest BCUT2D eigenvalue weighted by atomic mass is 10.00. The van der Waals surface area contributed by atoms with E-state index in [2.05, 4.69) is 4.74 Å². The van der Waals surface area contributed by atoms with Crippen LogP contribution in [0.3, 0.4) is 0 Å². The van der Waals surface area contributed by atoms with Gasteiger partial charge < -0.3 is 10.5 Å². The lowest BCUT2D eigenvalue weighted by Gasteiger charge is -2.11. The molecule has 0 fully saturated rings. The van der Waals surface area contributed by atoms with E-state index in [9.17, 15) is 13.2 Å². The van der Waals surface area contributed by atoms with Gasteiger partial charge in [0.1, 0.15) is 5.75 Å². The number of halogens is 4. The van der Waals surface area contributed by atoms with Gasteiger partial charge in [-0.25, -0.2) is 0 Å². The maximum atomic E-state index is 12.1. The highest BCUT2D eigenvalue weighted by Gasteiger charge is 2.30. The molecule has 2 N–H and O–H groups in total. The van der Waals surface area contributed by atoms with E-state index in [4.69, 9.17) is 17.3 Å². The van der Waals surface area contributed by atoms with Crippen LogP contribution in [0.5, 0.6) is 5.75 Å². The Kier molecular flexibility index (Phi) is 4.20. The zero-order chi connectivity index (χ0) is 14.8. The fraction of sp³-hybridized carbons (Fsp3) is 0.143. The second-order valence-electron chi connectivity index (χ2n) is 4.08. The molecule has 0 heterocycles. The van der Waals surface area contributed by atoms with Crippen molar-refractivity contribution in [1.29, 1.82) is 0 Å². The standard InChI is InChI=1S/C14H11ClF3NO/c15-11-3-6-13(10(7-11)8-19)9-1-4-12(5-2-9)20-14(16,17)18/h1-7H,8,19H2. The van der Waals surface area contributed by atoms with E-state index in [1.807, 2.05) is 0 Å². The van der Waals surface area contributed by atoms with Crippen LogP contribution in [0.15, 0.2) is 42.5 Å². The average Bonchev–Trinajstić information content (AvgIpc) is 2.38. The monoisotopic (exact) mass is 301 g/mol. The number of rotatable bonds is 3. The van der Waals surface area contributed by atoms with E-state index in [0.29, 0.717) is 5.02 Å². The van der Waals surface area contributed by atoms with Gasteiger partial charge in [-0.05, 0) is 41.0 Å². The third-order valence-corrected chi connectivity index (χ3v) is 2.92. The molecular formula is C14H11ClF3NO. The largest absolute Gasteiger partial charge is 0.573 e. The predicted molar refractivity (Wildman–Crippen MR) is 71.5 cm³/mol. The summed E-state index contributed by atoms with van der Waals surface area (Å²) >= 11 is 5.88. The Labute approximate surface area is 118 Å². The van der Waals surface area contributed by atoms with Gasteiger partial charge >= 0.3 is 6.36 Å². The van der Waals surface area contributed by atoms with Crippen molar-refractivity contribution >= 4 is 11.6 Å². The van der Waals surface area contributed by atoms with Crippen LogP contribution in [0.4, 0.5) is 13.2 Å². The summed E-state index contributed by atoms with van der Waals surface area (Å²) in [4.78, 5) is 0. The molecule has 0 bridgehead atoms. The zero-order valence-electron chi connectivity index (χ0n) is 10.2. The van der Waals surface area contributed by atoms with Crippen molar-refractivity contribution in [3.63, 3.8) is 0 Å². The molecule has 0 spiro atoms. The topological polar surface area (TPSA) is 35.2 Å². The Bertz CT molecular complexity index is 596. The first-order valence-corrected chi connectivity index (χ1v) is 6.11. The second-order valence-corrected chi connectivity index (χ2v) is 4.51. The first-order chi connectivity index (χ1) is 9.39. The highest BCUT2D eigenvalue weighted by atomic mass is 35.5. The van der Waals surface area contributed by atoms with Crippen molar-refractivity contribution < 1.29 is 17.9 Å². The molecule has 0 saturated carbocycles. The molecule has 2 aromatic rings. The summed E-state index contributed by atoms with van der Waals surface area (Å²) in [5, 5.41) is 0.561. The number of hydrogen-bond acceptors (Lipinski definition) is 2. The van der Waals surface area contributed by atoms with Gasteiger partial charge in [0.15, 0.2) is 0 Å². The van der Waals surface area contributed by atoms with E-state index >= 15 is 0 Å². The van der Waals surface area contributed by atoms with Gasteiger partial charge in [0.25, 0.3) is 0 Å². The van der Waals surface area contributed by atoms with Gasteiger partial charge in [-0.3, -0.25) is 0 Å². The van der Waals surface area contributed by atoms with E-state index < -0.39 is 6.36 Å². The highest BCUT2D eigenvalue weighted by Crippen LogP contribution is 2.29. The van der Waals surface area contributed by atoms with Crippen molar-refractivity contribution in [2.45, 2.75) is 12.9 Å². The molecule has 2 rings (SSSR count). The molecule has 0 radical (unpaired) electrons. The Morgan fingerprint density at radius 2 is 1.70 bits per heavy atom. The lowest BCUT2D eigenvalue weighted by Crippen LogP contribution is -2.16. The molecular weight excluding hydrogens is 291 g/mol. The molecule has 2 aromatic carbocycles. The number of ether oxygens (including phenoxy) is 1. The Morgan fingerprint density at radius 1 is 1.05 bits per heavy atom. The number of alkyl halides is 3. The zero-order valence-corrected chi connectivity index (χ0v) is 11.0. The van der Waals surface area contributed by atoms with Gasteiger partial charge in [-0.1, -0.05) is 29.8 Å². The van der Waals surface area contributed by atoms with Crippen molar-refractivity contribution in [1.82, 2.24) is 0 Å². The van der Waals surface area contributed by atoms with Gasteiger partial charge in [0.2, 0.25) is 0 Å². The lowest BCUT2D eigenvalue weighted by molar-refractivity contribution is -0.274. The molecule has 0 atom stereocenters. The van der Waals surface area contributed by atoms with Crippen LogP contribution in [0.25, 0.3) is 11.1 Å². The minimum absolute atomic E-state index is 0.260. The summed E-state index contributed by atoms with van der Waals surface area (Å²) < 4.78 is 40.0. The highest BCUT2D eigenvalue weighted by molar-refractivity contribution is 6.30. The van der Waals surface area contributed by atoms with E-state index in [-0.39, 0.29) is 12.3 Å². The van der Waals surface area contributed by atoms with E-state index in [1.54, 1.807) is 30.3 Å². The minimum atomic E-state index is -4.69. The fourth-order valence-corrected chi connectivity index (χ4v) is 2.04. The van der Waals surface area contributed by atoms with Crippen LogP contribution in [0.2, 0.25) is 5.02 Å². The van der Waals surface area contributed by atoms with E-state index in [0.717, 1.165) is 16.7 Å². The fourth-order valence-electron chi connectivity index (χ4n) is 1.85. The summed E-state index contributed by atoms with van der Waals surface area (Å²) in [6.07, 6.45) is -4.69. The van der Waals surface area contributed by atoms with Crippen LogP contribution in [0, 0.1) is 0 Å². The molecule has 0 aliphatic rings. The summed E-state index contributed by atoms with van der Waals surface area (Å²) in [5.74, 6) is -0.260. The SMILES string of the molecule is NCc1cc(Cl)ccc1-c1ccc(OC(F)(F)F)cc1. The molecule has 0 aliphatic carbocycles. The van der Waals surface area contributed by atoms with Crippen molar-refractivity contribution in [2.75, 3.05) is 0 Å². The third-order valence-electron chi connectivity index (χ3n) is 2.69. The predicted octanol–water partition coefficient (Wildman–Crippen LogP) is 4.36. The molecule has 20 heavy (non-hydrogen) atoms. The molecule has 0 saturated heterocycles. The molecule has 106 valence electrons. The molecule has 0 aliphatic heterocycles. The quantitative estimate of drug-likeness (QED) is 0.914. The maximum Gasteiger partial charge on any atom is 0.573 e. The summed E-state index contributed by atoms with van der Waals surface area (Å²) in [6.45, 7) is 0.288. The number of benzene rings is 2. The van der Waals surface area contributed by atoms with Crippen molar-refractivity contribution in [3.8, 4) is 16.9 Å². The van der Waals surface area contributed by atoms with E-state index in [1.165, 1.54) is 12.1 Å². The van der Waals surface area contributed by atoms with Gasteiger partial charge in [0, 0.05) is 11.6 Å². The van der Waals surface area contributed by atoms with Gasteiger partial charge in [-0.15, -0.1) is 13.2 Å². The summed E-state index contributed by atoms with van der Waals surface area (Å²) in [5.41, 5.74) is 8.04. The van der Waals surface area contributed by atoms with Crippen molar-refractivity contribution in [2.24, 2.45) is 5.73 Å². The number of nitrogens with two attached hydrogens (primary N) is 1. The normalized spacial score (nSPS) is 11.4. The third kappa shape index (κ3) is 3.65. The average molecular weight is 302 g/mol. The van der Waals surface area contributed by atoms with Gasteiger partial charge in [-0.2, -0.15) is 0 Å². The van der Waals surface area contributed by atoms with Crippen LogP contribution in [0.1, 0.15) is 5.56 Å². The molecule has 0 amide bonds. The molecule has 0 aromatic heterocycles. The summed E-state index contributed by atoms with van der Waals surface area (Å²) in [6, 6.07) is 10.8. The second kappa shape index (κ2) is 5.73. The molecule has 2 nitrogen and oxygen atoms in total. The van der Waals surface area contributed by atoms with Crippen LogP contribution >= 0.6 is 11.6 Å². The first kappa shape index (κ1) is 14.7. The van der Waals surface area contributed by atoms with Crippen molar-refractivity contribution in [3.05, 3.63) is 53.1 Å². The number of hydrogen-bond donors (Lipinski definition) is 1. The Morgan fingerprint density at radius 3 is 2.25 bits per heavy atom. The Balaban J connectivity index is 2.30. The minimum Gasteiger partial charge on any atom is -0.406 e. The van der Waals surface area contributed by atoms with Crippen LogP contribution in [-0.4, -0.2) is 6.36 Å².